The van der Waals surface area contributed by atoms with E-state index in [0.717, 1.165) is 28.6 Å². The lowest BCUT2D eigenvalue weighted by Gasteiger charge is -2.01. The molecule has 0 saturated heterocycles. The first kappa shape index (κ1) is 16.7. The van der Waals surface area contributed by atoms with E-state index in [1.54, 1.807) is 18.5 Å². The summed E-state index contributed by atoms with van der Waals surface area (Å²) in [6.45, 7) is 2.63. The Labute approximate surface area is 148 Å². The molecule has 0 spiro atoms. The first-order chi connectivity index (χ1) is 11.8. The summed E-state index contributed by atoms with van der Waals surface area (Å²) in [4.78, 5) is 29.3. The van der Waals surface area contributed by atoms with Gasteiger partial charge in [0.05, 0.1) is 10.7 Å². The Morgan fingerprint density at radius 2 is 1.96 bits per heavy atom. The van der Waals surface area contributed by atoms with Crippen molar-refractivity contribution < 1.29 is 4.79 Å². The van der Waals surface area contributed by atoms with E-state index < -0.39 is 0 Å². The average molecular weight is 359 g/mol. The SMILES string of the molecule is CCCc1nc(C(=O)NCCc2csc(-c3ncccn3)n2)cs1. The molecule has 0 fully saturated rings. The Morgan fingerprint density at radius 3 is 2.75 bits per heavy atom. The Kier molecular flexibility index (Phi) is 5.60. The number of hydrogen-bond acceptors (Lipinski definition) is 7. The van der Waals surface area contributed by atoms with Gasteiger partial charge in [0.1, 0.15) is 5.69 Å². The highest BCUT2D eigenvalue weighted by molar-refractivity contribution is 7.13. The topological polar surface area (TPSA) is 80.7 Å². The van der Waals surface area contributed by atoms with Crippen molar-refractivity contribution in [2.24, 2.45) is 0 Å². The molecule has 3 rings (SSSR count). The fourth-order valence-electron chi connectivity index (χ4n) is 2.07. The van der Waals surface area contributed by atoms with Gasteiger partial charge >= 0.3 is 0 Å². The molecular weight excluding hydrogens is 342 g/mol. The number of hydrogen-bond donors (Lipinski definition) is 1. The molecule has 0 aliphatic rings. The zero-order valence-corrected chi connectivity index (χ0v) is 14.9. The molecule has 0 radical (unpaired) electrons. The zero-order valence-electron chi connectivity index (χ0n) is 13.2. The van der Waals surface area contributed by atoms with E-state index in [-0.39, 0.29) is 5.91 Å². The van der Waals surface area contributed by atoms with Crippen molar-refractivity contribution in [3.8, 4) is 10.8 Å². The Hall–Kier alpha value is -2.19. The fourth-order valence-corrected chi connectivity index (χ4v) is 3.75. The van der Waals surface area contributed by atoms with Gasteiger partial charge < -0.3 is 5.32 Å². The largest absolute Gasteiger partial charge is 0.350 e. The molecule has 3 aromatic rings. The molecule has 0 unspecified atom stereocenters. The highest BCUT2D eigenvalue weighted by Crippen LogP contribution is 2.19. The van der Waals surface area contributed by atoms with Gasteiger partial charge in [-0.1, -0.05) is 6.92 Å². The van der Waals surface area contributed by atoms with Crippen LogP contribution in [0.2, 0.25) is 0 Å². The molecule has 3 heterocycles. The summed E-state index contributed by atoms with van der Waals surface area (Å²) in [5, 5.41) is 8.48. The number of carbonyl (C=O) groups excluding carboxylic acids is 1. The first-order valence-corrected chi connectivity index (χ1v) is 9.46. The second-order valence-corrected chi connectivity index (χ2v) is 6.90. The zero-order chi connectivity index (χ0) is 16.8. The van der Waals surface area contributed by atoms with Crippen molar-refractivity contribution in [3.63, 3.8) is 0 Å². The number of thiazole rings is 2. The van der Waals surface area contributed by atoms with Crippen LogP contribution in [0.25, 0.3) is 10.8 Å². The first-order valence-electron chi connectivity index (χ1n) is 7.70. The van der Waals surface area contributed by atoms with Crippen LogP contribution < -0.4 is 5.32 Å². The molecule has 124 valence electrons. The molecular formula is C16H17N5OS2. The van der Waals surface area contributed by atoms with Crippen LogP contribution in [0, 0.1) is 0 Å². The standard InChI is InChI=1S/C16H17N5OS2/c1-2-4-13-21-12(10-23-13)15(22)19-8-5-11-9-24-16(20-11)14-17-6-3-7-18-14/h3,6-7,9-10H,2,4-5,8H2,1H3,(H,19,22). The van der Waals surface area contributed by atoms with E-state index >= 15 is 0 Å². The minimum Gasteiger partial charge on any atom is -0.350 e. The lowest BCUT2D eigenvalue weighted by atomic mass is 10.3. The van der Waals surface area contributed by atoms with Gasteiger partial charge in [-0.15, -0.1) is 22.7 Å². The number of amides is 1. The van der Waals surface area contributed by atoms with Gasteiger partial charge in [-0.3, -0.25) is 4.79 Å². The normalized spacial score (nSPS) is 10.7. The van der Waals surface area contributed by atoms with Crippen molar-refractivity contribution >= 4 is 28.6 Å². The van der Waals surface area contributed by atoms with Crippen LogP contribution in [-0.2, 0) is 12.8 Å². The minimum atomic E-state index is -0.129. The predicted octanol–water partition coefficient (Wildman–Crippen LogP) is 2.98. The third-order valence-electron chi connectivity index (χ3n) is 3.22. The molecule has 0 aromatic carbocycles. The molecule has 0 aliphatic heterocycles. The highest BCUT2D eigenvalue weighted by Gasteiger charge is 2.11. The Morgan fingerprint density at radius 1 is 1.12 bits per heavy atom. The van der Waals surface area contributed by atoms with E-state index in [2.05, 4.69) is 32.2 Å². The van der Waals surface area contributed by atoms with E-state index in [0.29, 0.717) is 24.5 Å². The van der Waals surface area contributed by atoms with Crippen LogP contribution >= 0.6 is 22.7 Å². The predicted molar refractivity (Wildman–Crippen MR) is 95.3 cm³/mol. The highest BCUT2D eigenvalue weighted by atomic mass is 32.1. The summed E-state index contributed by atoms with van der Waals surface area (Å²) < 4.78 is 0. The molecule has 1 amide bonds. The number of rotatable bonds is 7. The van der Waals surface area contributed by atoms with Gasteiger partial charge in [0.2, 0.25) is 0 Å². The number of nitrogens with one attached hydrogen (secondary N) is 1. The molecule has 24 heavy (non-hydrogen) atoms. The van der Waals surface area contributed by atoms with Crippen molar-refractivity contribution in [1.82, 2.24) is 25.3 Å². The van der Waals surface area contributed by atoms with Gasteiger partial charge in [0.25, 0.3) is 5.91 Å². The maximum absolute atomic E-state index is 12.1. The monoisotopic (exact) mass is 359 g/mol. The van der Waals surface area contributed by atoms with Crippen LogP contribution in [0.5, 0.6) is 0 Å². The number of nitrogens with zero attached hydrogens (tertiary/aromatic N) is 4. The van der Waals surface area contributed by atoms with Crippen molar-refractivity contribution in [3.05, 3.63) is 45.6 Å². The van der Waals surface area contributed by atoms with E-state index in [4.69, 9.17) is 0 Å². The second-order valence-electron chi connectivity index (χ2n) is 5.10. The maximum Gasteiger partial charge on any atom is 0.270 e. The summed E-state index contributed by atoms with van der Waals surface area (Å²) in [5.41, 5.74) is 1.42. The molecule has 8 heteroatoms. The molecule has 6 nitrogen and oxygen atoms in total. The van der Waals surface area contributed by atoms with Crippen LogP contribution in [-0.4, -0.2) is 32.4 Å². The minimum absolute atomic E-state index is 0.129. The van der Waals surface area contributed by atoms with Gasteiger partial charge in [-0.05, 0) is 18.9 Å². The molecule has 1 N–H and O–H groups in total. The number of carbonyl (C=O) groups is 1. The van der Waals surface area contributed by atoms with Gasteiger partial charge in [-0.2, -0.15) is 0 Å². The lowest BCUT2D eigenvalue weighted by molar-refractivity contribution is 0.0949. The smallest absolute Gasteiger partial charge is 0.270 e. The van der Waals surface area contributed by atoms with Crippen LogP contribution in [0.15, 0.2) is 29.2 Å². The summed E-state index contributed by atoms with van der Waals surface area (Å²) >= 11 is 3.04. The summed E-state index contributed by atoms with van der Waals surface area (Å²) in [5.74, 6) is 0.499. The van der Waals surface area contributed by atoms with Crippen molar-refractivity contribution in [2.75, 3.05) is 6.54 Å². The Bertz CT molecular complexity index is 800. The van der Waals surface area contributed by atoms with Gasteiger partial charge in [0, 0.05) is 36.1 Å². The van der Waals surface area contributed by atoms with Crippen LogP contribution in [0.3, 0.4) is 0 Å². The van der Waals surface area contributed by atoms with Crippen LogP contribution in [0.4, 0.5) is 0 Å². The van der Waals surface area contributed by atoms with Crippen molar-refractivity contribution in [2.45, 2.75) is 26.2 Å². The maximum atomic E-state index is 12.1. The van der Waals surface area contributed by atoms with E-state index in [1.165, 1.54) is 22.7 Å². The van der Waals surface area contributed by atoms with E-state index in [9.17, 15) is 4.79 Å². The molecule has 0 atom stereocenters. The quantitative estimate of drug-likeness (QED) is 0.701. The number of aromatic nitrogens is 4. The summed E-state index contributed by atoms with van der Waals surface area (Å²) in [6.07, 6.45) is 6.02. The molecule has 0 aliphatic carbocycles. The fraction of sp³-hybridized carbons (Fsp3) is 0.312. The summed E-state index contributed by atoms with van der Waals surface area (Å²) in [7, 11) is 0. The second kappa shape index (κ2) is 8.07. The lowest BCUT2D eigenvalue weighted by Crippen LogP contribution is -2.26. The Balaban J connectivity index is 1.51. The molecule has 0 saturated carbocycles. The molecule has 0 bridgehead atoms. The average Bonchev–Trinajstić information content (AvgIpc) is 3.26. The molecule has 3 aromatic heterocycles. The van der Waals surface area contributed by atoms with E-state index in [1.807, 2.05) is 10.8 Å². The third kappa shape index (κ3) is 4.21. The van der Waals surface area contributed by atoms with Crippen molar-refractivity contribution in [1.29, 1.82) is 0 Å². The third-order valence-corrected chi connectivity index (χ3v) is 5.02. The van der Waals surface area contributed by atoms with Crippen LogP contribution in [0.1, 0.15) is 34.5 Å². The van der Waals surface area contributed by atoms with Gasteiger partial charge in [-0.25, -0.2) is 19.9 Å². The summed E-state index contributed by atoms with van der Waals surface area (Å²) in [6, 6.07) is 1.78. The van der Waals surface area contributed by atoms with Gasteiger partial charge in [0.15, 0.2) is 10.8 Å². The number of aryl methyl sites for hydroxylation is 1.